The number of aromatic nitrogens is 1. The van der Waals surface area contributed by atoms with E-state index in [1.807, 2.05) is 24.3 Å². The van der Waals surface area contributed by atoms with E-state index in [1.54, 1.807) is 24.5 Å². The van der Waals surface area contributed by atoms with Crippen molar-refractivity contribution in [3.63, 3.8) is 0 Å². The Kier molecular flexibility index (Phi) is 5.40. The summed E-state index contributed by atoms with van der Waals surface area (Å²) in [6.07, 6.45) is -0.984. The molecule has 0 saturated heterocycles. The number of carbonyl (C=O) groups is 1. The molecule has 0 aliphatic carbocycles. The highest BCUT2D eigenvalue weighted by atomic mass is 19.4. The molecule has 0 atom stereocenters. The molecule has 1 aromatic heterocycles. The molecule has 0 bridgehead atoms. The van der Waals surface area contributed by atoms with Gasteiger partial charge in [-0.2, -0.15) is 13.2 Å². The number of carbonyl (C=O) groups excluding carboxylic acids is 1. The van der Waals surface area contributed by atoms with Gasteiger partial charge in [0.05, 0.1) is 5.56 Å². The lowest BCUT2D eigenvalue weighted by Crippen LogP contribution is -2.12. The predicted molar refractivity (Wildman–Crippen MR) is 97.4 cm³/mol. The molecule has 0 unspecified atom stereocenters. The average molecular weight is 371 g/mol. The van der Waals surface area contributed by atoms with Gasteiger partial charge in [0.2, 0.25) is 0 Å². The molecule has 2 aromatic carbocycles. The number of nitrogens with zero attached hydrogens (tertiary/aromatic N) is 1. The minimum atomic E-state index is -4.42. The minimum absolute atomic E-state index is 0.155. The van der Waals surface area contributed by atoms with E-state index in [9.17, 15) is 18.0 Å². The summed E-state index contributed by atoms with van der Waals surface area (Å²) in [7, 11) is 0. The maximum Gasteiger partial charge on any atom is 0.416 e. The number of halogens is 3. The van der Waals surface area contributed by atoms with Gasteiger partial charge >= 0.3 is 6.18 Å². The Morgan fingerprint density at radius 3 is 2.04 bits per heavy atom. The Hall–Kier alpha value is -3.35. The highest BCUT2D eigenvalue weighted by Gasteiger charge is 2.30. The van der Waals surface area contributed by atoms with Gasteiger partial charge in [-0.1, -0.05) is 0 Å². The molecule has 0 radical (unpaired) electrons. The first kappa shape index (κ1) is 18.4. The van der Waals surface area contributed by atoms with E-state index in [0.717, 1.165) is 35.5 Å². The second-order valence-corrected chi connectivity index (χ2v) is 5.82. The molecule has 3 rings (SSSR count). The van der Waals surface area contributed by atoms with Crippen LogP contribution in [0.2, 0.25) is 0 Å². The molecule has 27 heavy (non-hydrogen) atoms. The number of hydrogen-bond acceptors (Lipinski definition) is 3. The molecule has 0 aliphatic heterocycles. The Labute approximate surface area is 154 Å². The molecule has 7 heteroatoms. The molecule has 0 fully saturated rings. The first-order valence-corrected chi connectivity index (χ1v) is 8.13. The summed E-state index contributed by atoms with van der Waals surface area (Å²) in [5, 5.41) is 5.91. The van der Waals surface area contributed by atoms with Crippen LogP contribution in [0, 0.1) is 0 Å². The van der Waals surface area contributed by atoms with Crippen LogP contribution in [0.1, 0.15) is 21.5 Å². The molecule has 0 aliphatic rings. The monoisotopic (exact) mass is 371 g/mol. The molecule has 1 heterocycles. The second-order valence-electron chi connectivity index (χ2n) is 5.82. The van der Waals surface area contributed by atoms with E-state index in [4.69, 9.17) is 0 Å². The molecule has 138 valence electrons. The van der Waals surface area contributed by atoms with E-state index in [0.29, 0.717) is 12.2 Å². The summed E-state index contributed by atoms with van der Waals surface area (Å²) >= 11 is 0. The molecule has 4 nitrogen and oxygen atoms in total. The number of rotatable bonds is 5. The van der Waals surface area contributed by atoms with E-state index >= 15 is 0 Å². The SMILES string of the molecule is O=C(Nc1ccc(NCc2ccncc2)cc1)c1ccc(C(F)(F)F)cc1. The normalized spacial score (nSPS) is 11.1. The molecular weight excluding hydrogens is 355 g/mol. The summed E-state index contributed by atoms with van der Waals surface area (Å²) in [6.45, 7) is 0.639. The molecular formula is C20H16F3N3O. The topological polar surface area (TPSA) is 54.0 Å². The molecule has 0 saturated carbocycles. The van der Waals surface area contributed by atoms with Crippen molar-refractivity contribution in [1.29, 1.82) is 0 Å². The molecule has 1 amide bonds. The van der Waals surface area contributed by atoms with Crippen molar-refractivity contribution in [1.82, 2.24) is 4.98 Å². The van der Waals surface area contributed by atoms with Gasteiger partial charge in [-0.05, 0) is 66.2 Å². The maximum absolute atomic E-state index is 12.6. The summed E-state index contributed by atoms with van der Waals surface area (Å²) in [5.41, 5.74) is 1.88. The smallest absolute Gasteiger partial charge is 0.381 e. The summed E-state index contributed by atoms with van der Waals surface area (Å²) in [6, 6.07) is 15.0. The van der Waals surface area contributed by atoms with Gasteiger partial charge in [0.25, 0.3) is 5.91 Å². The number of anilines is 2. The van der Waals surface area contributed by atoms with Crippen molar-refractivity contribution in [3.05, 3.63) is 89.7 Å². The van der Waals surface area contributed by atoms with Crippen LogP contribution in [0.5, 0.6) is 0 Å². The lowest BCUT2D eigenvalue weighted by Gasteiger charge is -2.10. The van der Waals surface area contributed by atoms with Gasteiger partial charge in [0.15, 0.2) is 0 Å². The number of amides is 1. The van der Waals surface area contributed by atoms with Gasteiger partial charge in [0, 0.05) is 35.9 Å². The van der Waals surface area contributed by atoms with Crippen molar-refractivity contribution in [2.75, 3.05) is 10.6 Å². The van der Waals surface area contributed by atoms with Crippen LogP contribution in [0.15, 0.2) is 73.1 Å². The van der Waals surface area contributed by atoms with Crippen molar-refractivity contribution >= 4 is 17.3 Å². The summed E-state index contributed by atoms with van der Waals surface area (Å²) < 4.78 is 37.7. The Morgan fingerprint density at radius 2 is 1.44 bits per heavy atom. The lowest BCUT2D eigenvalue weighted by atomic mass is 10.1. The van der Waals surface area contributed by atoms with Crippen LogP contribution in [0.4, 0.5) is 24.5 Å². The number of nitrogens with one attached hydrogen (secondary N) is 2. The fourth-order valence-corrected chi connectivity index (χ4v) is 2.39. The summed E-state index contributed by atoms with van der Waals surface area (Å²) in [4.78, 5) is 16.1. The number of pyridine rings is 1. The summed E-state index contributed by atoms with van der Waals surface area (Å²) in [5.74, 6) is -0.471. The van der Waals surface area contributed by atoms with E-state index < -0.39 is 17.6 Å². The van der Waals surface area contributed by atoms with E-state index in [1.165, 1.54) is 0 Å². The Balaban J connectivity index is 1.58. The lowest BCUT2D eigenvalue weighted by molar-refractivity contribution is -0.137. The quantitative estimate of drug-likeness (QED) is 0.666. The zero-order valence-electron chi connectivity index (χ0n) is 14.1. The third-order valence-corrected chi connectivity index (χ3v) is 3.86. The highest BCUT2D eigenvalue weighted by molar-refractivity contribution is 6.04. The molecule has 2 N–H and O–H groups in total. The maximum atomic E-state index is 12.6. The zero-order chi connectivity index (χ0) is 19.3. The predicted octanol–water partition coefficient (Wildman–Crippen LogP) is 4.96. The first-order valence-electron chi connectivity index (χ1n) is 8.13. The van der Waals surface area contributed by atoms with Crippen LogP contribution < -0.4 is 10.6 Å². The van der Waals surface area contributed by atoms with Gasteiger partial charge in [-0.3, -0.25) is 9.78 Å². The Bertz CT molecular complexity index is 893. The first-order chi connectivity index (χ1) is 12.9. The minimum Gasteiger partial charge on any atom is -0.381 e. The van der Waals surface area contributed by atoms with Gasteiger partial charge < -0.3 is 10.6 Å². The standard InChI is InChI=1S/C20H16F3N3O/c21-20(22,23)16-3-1-15(2-4-16)19(27)26-18-7-5-17(6-8-18)25-13-14-9-11-24-12-10-14/h1-12,25H,13H2,(H,26,27). The third kappa shape index (κ3) is 5.07. The van der Waals surface area contributed by atoms with Gasteiger partial charge in [-0.25, -0.2) is 0 Å². The third-order valence-electron chi connectivity index (χ3n) is 3.86. The second kappa shape index (κ2) is 7.90. The van der Waals surface area contributed by atoms with Crippen molar-refractivity contribution in [2.45, 2.75) is 12.7 Å². The van der Waals surface area contributed by atoms with E-state index in [2.05, 4.69) is 15.6 Å². The molecule has 3 aromatic rings. The number of alkyl halides is 3. The highest BCUT2D eigenvalue weighted by Crippen LogP contribution is 2.29. The van der Waals surface area contributed by atoms with E-state index in [-0.39, 0.29) is 5.56 Å². The number of hydrogen-bond donors (Lipinski definition) is 2. The largest absolute Gasteiger partial charge is 0.416 e. The van der Waals surface area contributed by atoms with Crippen LogP contribution in [-0.2, 0) is 12.7 Å². The van der Waals surface area contributed by atoms with Crippen LogP contribution in [0.3, 0.4) is 0 Å². The molecule has 0 spiro atoms. The van der Waals surface area contributed by atoms with Crippen molar-refractivity contribution < 1.29 is 18.0 Å². The fraction of sp³-hybridized carbons (Fsp3) is 0.100. The van der Waals surface area contributed by atoms with Crippen molar-refractivity contribution in [2.24, 2.45) is 0 Å². The average Bonchev–Trinajstić information content (AvgIpc) is 2.68. The Morgan fingerprint density at radius 1 is 0.852 bits per heavy atom. The zero-order valence-corrected chi connectivity index (χ0v) is 14.1. The van der Waals surface area contributed by atoms with Crippen LogP contribution in [-0.4, -0.2) is 10.9 Å². The number of benzene rings is 2. The van der Waals surface area contributed by atoms with Gasteiger partial charge in [-0.15, -0.1) is 0 Å². The fourth-order valence-electron chi connectivity index (χ4n) is 2.39. The van der Waals surface area contributed by atoms with Crippen LogP contribution >= 0.6 is 0 Å². The van der Waals surface area contributed by atoms with Crippen molar-refractivity contribution in [3.8, 4) is 0 Å². The van der Waals surface area contributed by atoms with Gasteiger partial charge in [0.1, 0.15) is 0 Å². The van der Waals surface area contributed by atoms with Crippen LogP contribution in [0.25, 0.3) is 0 Å².